The summed E-state index contributed by atoms with van der Waals surface area (Å²) in [6, 6.07) is 12.2. The molecule has 1 unspecified atom stereocenters. The average Bonchev–Trinajstić information content (AvgIpc) is 3.33. The van der Waals surface area contributed by atoms with Crippen LogP contribution in [0.5, 0.6) is 17.2 Å². The minimum Gasteiger partial charge on any atom is -0.494 e. The number of benzene rings is 2. The van der Waals surface area contributed by atoms with E-state index in [0.29, 0.717) is 30.2 Å². The van der Waals surface area contributed by atoms with Crippen LogP contribution in [0.15, 0.2) is 55.1 Å². The predicted octanol–water partition coefficient (Wildman–Crippen LogP) is 5.53. The van der Waals surface area contributed by atoms with Crippen molar-refractivity contribution >= 4 is 17.5 Å². The highest BCUT2D eigenvalue weighted by Crippen LogP contribution is 2.39. The lowest BCUT2D eigenvalue weighted by Crippen LogP contribution is -2.35. The highest BCUT2D eigenvalue weighted by molar-refractivity contribution is 5.64. The molecule has 1 aliphatic heterocycles. The molecule has 4 aromatic rings. The molecule has 0 radical (unpaired) electrons. The van der Waals surface area contributed by atoms with Crippen molar-refractivity contribution < 1.29 is 14.2 Å². The van der Waals surface area contributed by atoms with Crippen LogP contribution in [0.2, 0.25) is 0 Å². The van der Waals surface area contributed by atoms with Crippen molar-refractivity contribution in [1.29, 1.82) is 0 Å². The van der Waals surface area contributed by atoms with Crippen LogP contribution in [-0.4, -0.2) is 46.4 Å². The Labute approximate surface area is 222 Å². The molecular weight excluding hydrogens is 480 g/mol. The first-order valence-corrected chi connectivity index (χ1v) is 12.9. The summed E-state index contributed by atoms with van der Waals surface area (Å²) >= 11 is 0. The lowest BCUT2D eigenvalue weighted by atomic mass is 9.95. The number of hydrogen-bond acceptors (Lipinski definition) is 8. The maximum absolute atomic E-state index is 6.17. The number of likely N-dealkylation sites (N-methyl/N-ethyl adjacent to an activating group) is 1. The largest absolute Gasteiger partial charge is 0.494 e. The van der Waals surface area contributed by atoms with Gasteiger partial charge in [0.05, 0.1) is 43.2 Å². The fourth-order valence-corrected chi connectivity index (χ4v) is 4.89. The molecule has 38 heavy (non-hydrogen) atoms. The predicted molar refractivity (Wildman–Crippen MR) is 146 cm³/mol. The normalized spacial score (nSPS) is 16.8. The molecule has 6 rings (SSSR count). The molecular formula is C29H32N6O3. The van der Waals surface area contributed by atoms with E-state index in [-0.39, 0.29) is 6.04 Å². The number of imidazole rings is 1. The molecule has 2 aromatic carbocycles. The van der Waals surface area contributed by atoms with Crippen LogP contribution in [0.4, 0.5) is 17.5 Å². The third-order valence-corrected chi connectivity index (χ3v) is 7.32. The molecule has 0 saturated heterocycles. The number of ether oxygens (including phenoxy) is 3. The first-order valence-electron chi connectivity index (χ1n) is 12.9. The lowest BCUT2D eigenvalue weighted by Gasteiger charge is -2.36. The Balaban J connectivity index is 1.24. The molecule has 9 heteroatoms. The van der Waals surface area contributed by atoms with Crippen LogP contribution < -0.4 is 24.4 Å². The zero-order valence-corrected chi connectivity index (χ0v) is 22.1. The van der Waals surface area contributed by atoms with Gasteiger partial charge in [-0.05, 0) is 68.5 Å². The maximum Gasteiger partial charge on any atom is 0.229 e. The monoisotopic (exact) mass is 512 g/mol. The summed E-state index contributed by atoms with van der Waals surface area (Å²) in [6.45, 7) is 4.60. The summed E-state index contributed by atoms with van der Waals surface area (Å²) in [4.78, 5) is 15.8. The van der Waals surface area contributed by atoms with E-state index in [9.17, 15) is 0 Å². The van der Waals surface area contributed by atoms with Gasteiger partial charge in [-0.2, -0.15) is 4.98 Å². The van der Waals surface area contributed by atoms with Crippen LogP contribution in [-0.2, 0) is 0 Å². The quantitative estimate of drug-likeness (QED) is 0.346. The molecule has 1 saturated carbocycles. The van der Waals surface area contributed by atoms with Crippen molar-refractivity contribution in [2.24, 2.45) is 0 Å². The van der Waals surface area contributed by atoms with E-state index in [2.05, 4.69) is 45.3 Å². The maximum atomic E-state index is 6.17. The second-order valence-electron chi connectivity index (χ2n) is 9.94. The third kappa shape index (κ3) is 4.60. The number of hydrogen-bond donors (Lipinski definition) is 1. The van der Waals surface area contributed by atoms with Crippen LogP contribution in [0.25, 0.3) is 5.69 Å². The highest BCUT2D eigenvalue weighted by Gasteiger charge is 2.30. The second-order valence-corrected chi connectivity index (χ2v) is 9.94. The number of rotatable bonds is 7. The molecule has 1 atom stereocenters. The smallest absolute Gasteiger partial charge is 0.229 e. The van der Waals surface area contributed by atoms with Gasteiger partial charge in [0.25, 0.3) is 0 Å². The lowest BCUT2D eigenvalue weighted by molar-refractivity contribution is 0.120. The number of methoxy groups -OCH3 is 1. The summed E-state index contributed by atoms with van der Waals surface area (Å²) in [6.07, 6.45) is 9.30. The molecule has 1 aliphatic carbocycles. The van der Waals surface area contributed by atoms with Crippen LogP contribution in [0.3, 0.4) is 0 Å². The van der Waals surface area contributed by atoms with Crippen molar-refractivity contribution in [1.82, 2.24) is 19.5 Å². The van der Waals surface area contributed by atoms with Gasteiger partial charge in [-0.25, -0.2) is 9.97 Å². The summed E-state index contributed by atoms with van der Waals surface area (Å²) in [7, 11) is 3.70. The minimum atomic E-state index is 0.00760. The standard InChI is InChI=1S/C29H32N6O3/c1-18-8-10-22(38-21-6-5-7-21)13-23(18)25-16-37-27-14-30-29(33-28(27)34(25)3)32-20-9-11-24(26(12-20)36-4)35-15-19(2)31-17-35/h8-15,17,21,25H,5-7,16H2,1-4H3,(H,30,32,33). The summed E-state index contributed by atoms with van der Waals surface area (Å²) in [5.74, 6) is 3.51. The van der Waals surface area contributed by atoms with Crippen LogP contribution in [0.1, 0.15) is 42.1 Å². The van der Waals surface area contributed by atoms with Gasteiger partial charge in [0, 0.05) is 25.0 Å². The van der Waals surface area contributed by atoms with Gasteiger partial charge >= 0.3 is 0 Å². The van der Waals surface area contributed by atoms with Gasteiger partial charge in [0.1, 0.15) is 18.1 Å². The summed E-state index contributed by atoms with van der Waals surface area (Å²) in [5.41, 5.74) is 5.03. The van der Waals surface area contributed by atoms with E-state index < -0.39 is 0 Å². The third-order valence-electron chi connectivity index (χ3n) is 7.32. The number of aromatic nitrogens is 4. The molecule has 1 N–H and O–H groups in total. The second kappa shape index (κ2) is 9.89. The Morgan fingerprint density at radius 3 is 2.68 bits per heavy atom. The first kappa shape index (κ1) is 24.1. The molecule has 1 fully saturated rings. The van der Waals surface area contributed by atoms with Crippen LogP contribution >= 0.6 is 0 Å². The zero-order valence-electron chi connectivity index (χ0n) is 22.1. The Morgan fingerprint density at radius 1 is 1.08 bits per heavy atom. The van der Waals surface area contributed by atoms with Gasteiger partial charge < -0.3 is 29.0 Å². The van der Waals surface area contributed by atoms with E-state index in [1.165, 1.54) is 17.5 Å². The Hall–Kier alpha value is -4.27. The number of nitrogens with zero attached hydrogens (tertiary/aromatic N) is 5. The zero-order chi connectivity index (χ0) is 26.2. The minimum absolute atomic E-state index is 0.00760. The molecule has 0 amide bonds. The van der Waals surface area contributed by atoms with Gasteiger partial charge in [0.15, 0.2) is 11.6 Å². The molecule has 2 aliphatic rings. The average molecular weight is 513 g/mol. The number of nitrogens with one attached hydrogen (secondary N) is 1. The Kier molecular flexibility index (Phi) is 6.27. The van der Waals surface area contributed by atoms with Gasteiger partial charge in [-0.1, -0.05) is 6.07 Å². The Morgan fingerprint density at radius 2 is 1.95 bits per heavy atom. The van der Waals surface area contributed by atoms with E-state index in [1.54, 1.807) is 19.6 Å². The molecule has 9 nitrogen and oxygen atoms in total. The van der Waals surface area contributed by atoms with Crippen molar-refractivity contribution in [2.75, 3.05) is 31.0 Å². The van der Waals surface area contributed by atoms with Gasteiger partial charge in [0.2, 0.25) is 5.95 Å². The molecule has 3 heterocycles. The van der Waals surface area contributed by atoms with E-state index >= 15 is 0 Å². The van der Waals surface area contributed by atoms with Gasteiger partial charge in [-0.15, -0.1) is 0 Å². The van der Waals surface area contributed by atoms with Gasteiger partial charge in [-0.3, -0.25) is 0 Å². The summed E-state index contributed by atoms with van der Waals surface area (Å²) < 4.78 is 19.9. The topological polar surface area (TPSA) is 86.6 Å². The molecule has 0 spiro atoms. The van der Waals surface area contributed by atoms with E-state index in [1.807, 2.05) is 42.9 Å². The van der Waals surface area contributed by atoms with Crippen molar-refractivity contribution in [3.05, 3.63) is 71.9 Å². The van der Waals surface area contributed by atoms with Crippen LogP contribution in [0, 0.1) is 13.8 Å². The molecule has 196 valence electrons. The fraction of sp³-hybridized carbons (Fsp3) is 0.345. The van der Waals surface area contributed by atoms with E-state index in [0.717, 1.165) is 41.5 Å². The highest BCUT2D eigenvalue weighted by atomic mass is 16.5. The number of aryl methyl sites for hydroxylation is 2. The van der Waals surface area contributed by atoms with Crippen molar-refractivity contribution in [2.45, 2.75) is 45.3 Å². The fourth-order valence-electron chi connectivity index (χ4n) is 4.89. The summed E-state index contributed by atoms with van der Waals surface area (Å²) in [5, 5.41) is 3.31. The number of fused-ring (bicyclic) bond motifs is 1. The van der Waals surface area contributed by atoms with E-state index in [4.69, 9.17) is 19.2 Å². The molecule has 0 bridgehead atoms. The Bertz CT molecular complexity index is 1460. The first-order chi connectivity index (χ1) is 18.5. The molecule has 2 aromatic heterocycles. The van der Waals surface area contributed by atoms with Crippen molar-refractivity contribution in [3.63, 3.8) is 0 Å². The number of anilines is 3. The van der Waals surface area contributed by atoms with Crippen molar-refractivity contribution in [3.8, 4) is 22.9 Å². The SMILES string of the molecule is COc1cc(Nc2ncc3c(n2)N(C)C(c2cc(OC4CCC4)ccc2C)CO3)ccc1-n1cnc(C)c1.